The molecule has 1 fully saturated rings. The predicted molar refractivity (Wildman–Crippen MR) is 86.6 cm³/mol. The van der Waals surface area contributed by atoms with Gasteiger partial charge in [-0.25, -0.2) is 0 Å². The second-order valence-electron chi connectivity index (χ2n) is 5.85. The van der Waals surface area contributed by atoms with E-state index in [4.69, 9.17) is 9.47 Å². The number of carbonyl (C=O) groups is 1. The molecule has 1 heterocycles. The number of nitrogens with zero attached hydrogens (tertiary/aromatic N) is 1. The first-order valence-corrected chi connectivity index (χ1v) is 7.98. The summed E-state index contributed by atoms with van der Waals surface area (Å²) in [5.41, 5.74) is 2.38. The molecule has 2 aromatic rings. The first kappa shape index (κ1) is 19.7. The van der Waals surface area contributed by atoms with E-state index >= 15 is 0 Å². The fourth-order valence-electron chi connectivity index (χ4n) is 2.79. The van der Waals surface area contributed by atoms with Crippen LogP contribution >= 0.6 is 0 Å². The van der Waals surface area contributed by atoms with Crippen molar-refractivity contribution in [1.82, 2.24) is 4.90 Å². The van der Waals surface area contributed by atoms with Gasteiger partial charge in [-0.05, 0) is 11.1 Å². The molecule has 0 spiro atoms. The molecule has 3 rings (SSSR count). The van der Waals surface area contributed by atoms with Crippen LogP contribution in [0.15, 0.2) is 60.7 Å². The zero-order valence-corrected chi connectivity index (χ0v) is 14.3. The van der Waals surface area contributed by atoms with E-state index in [2.05, 4.69) is 29.2 Å². The van der Waals surface area contributed by atoms with E-state index in [1.165, 1.54) is 11.1 Å². The molecule has 0 atom stereocenters. The van der Waals surface area contributed by atoms with Gasteiger partial charge in [0, 0.05) is 13.1 Å². The second kappa shape index (κ2) is 9.76. The smallest absolute Gasteiger partial charge is 0.545 e. The molecule has 0 bridgehead atoms. The Labute approximate surface area is 159 Å². The Morgan fingerprint density at radius 1 is 0.920 bits per heavy atom. The van der Waals surface area contributed by atoms with Crippen molar-refractivity contribution in [3.8, 4) is 0 Å². The summed E-state index contributed by atoms with van der Waals surface area (Å²) < 4.78 is 10.6. The van der Waals surface area contributed by atoms with Gasteiger partial charge in [0.15, 0.2) is 6.29 Å². The first-order chi connectivity index (χ1) is 11.7. The molecule has 0 N–H and O–H groups in total. The van der Waals surface area contributed by atoms with Gasteiger partial charge in [-0.1, -0.05) is 60.7 Å². The number of hydrogen-bond donors (Lipinski definition) is 0. The maximum atomic E-state index is 10.8. The van der Waals surface area contributed by atoms with E-state index in [9.17, 15) is 9.90 Å². The van der Waals surface area contributed by atoms with Crippen LogP contribution in [0.25, 0.3) is 0 Å². The minimum absolute atomic E-state index is 0. The van der Waals surface area contributed by atoms with Gasteiger partial charge in [0.2, 0.25) is 0 Å². The normalized spacial score (nSPS) is 20.0. The number of carboxylic acids is 1. The van der Waals surface area contributed by atoms with Gasteiger partial charge in [-0.15, -0.1) is 0 Å². The number of carbonyl (C=O) groups excluding carboxylic acids is 1. The summed E-state index contributed by atoms with van der Waals surface area (Å²) in [5, 5.41) is 10.8. The van der Waals surface area contributed by atoms with Gasteiger partial charge in [0.25, 0.3) is 0 Å². The number of hydrogen-bond acceptors (Lipinski definition) is 5. The largest absolute Gasteiger partial charge is 1.00 e. The quantitative estimate of drug-likeness (QED) is 0.583. The van der Waals surface area contributed by atoms with Crippen molar-refractivity contribution in [2.24, 2.45) is 0 Å². The van der Waals surface area contributed by atoms with Crippen LogP contribution in [0.1, 0.15) is 11.1 Å². The molecule has 1 saturated heterocycles. The molecule has 6 heteroatoms. The van der Waals surface area contributed by atoms with Crippen molar-refractivity contribution in [3.63, 3.8) is 0 Å². The maximum Gasteiger partial charge on any atom is 1.00 e. The van der Waals surface area contributed by atoms with Gasteiger partial charge in [-0.2, -0.15) is 0 Å². The standard InChI is InChI=1S/C19H21NO4.Li/c21-18(22)19-23-13-17(14-24-19)20(11-15-7-3-1-4-8-15)12-16-9-5-2-6-10-16;/h1-10,17,19H,11-14H2,(H,21,22);/q;+1/p-1/t17-,19-;. The summed E-state index contributed by atoms with van der Waals surface area (Å²) >= 11 is 0. The fraction of sp³-hybridized carbons (Fsp3) is 0.316. The third-order valence-corrected chi connectivity index (χ3v) is 4.05. The SMILES string of the molecule is O=C([O-])[C@H]1OC[C@H](N(Cc2ccccc2)Cc2ccccc2)CO1.[Li+]. The van der Waals surface area contributed by atoms with E-state index in [-0.39, 0.29) is 24.9 Å². The van der Waals surface area contributed by atoms with Crippen molar-refractivity contribution >= 4 is 5.97 Å². The van der Waals surface area contributed by atoms with Crippen LogP contribution in [0.2, 0.25) is 0 Å². The number of aliphatic carboxylic acids is 1. The predicted octanol–water partition coefficient (Wildman–Crippen LogP) is -1.82. The van der Waals surface area contributed by atoms with Crippen molar-refractivity contribution in [1.29, 1.82) is 0 Å². The molecule has 0 aromatic heterocycles. The van der Waals surface area contributed by atoms with Crippen molar-refractivity contribution < 1.29 is 38.2 Å². The monoisotopic (exact) mass is 333 g/mol. The Balaban J connectivity index is 0.00000225. The Morgan fingerprint density at radius 2 is 1.36 bits per heavy atom. The van der Waals surface area contributed by atoms with Gasteiger partial charge < -0.3 is 19.4 Å². The zero-order valence-electron chi connectivity index (χ0n) is 14.3. The summed E-state index contributed by atoms with van der Waals surface area (Å²) in [4.78, 5) is 13.1. The molecule has 1 aliphatic rings. The summed E-state index contributed by atoms with van der Waals surface area (Å²) in [6.07, 6.45) is -1.27. The van der Waals surface area contributed by atoms with Gasteiger partial charge in [0.05, 0.1) is 25.2 Å². The van der Waals surface area contributed by atoms with Crippen LogP contribution in [0.3, 0.4) is 0 Å². The molecule has 126 valence electrons. The van der Waals surface area contributed by atoms with E-state index in [1.807, 2.05) is 36.4 Å². The maximum absolute atomic E-state index is 10.8. The third kappa shape index (κ3) is 5.70. The van der Waals surface area contributed by atoms with E-state index in [1.54, 1.807) is 0 Å². The summed E-state index contributed by atoms with van der Waals surface area (Å²) in [7, 11) is 0. The number of ether oxygens (including phenoxy) is 2. The molecule has 0 unspecified atom stereocenters. The minimum atomic E-state index is -1.33. The molecule has 5 nitrogen and oxygen atoms in total. The van der Waals surface area contributed by atoms with Crippen LogP contribution in [0, 0.1) is 0 Å². The van der Waals surface area contributed by atoms with E-state index in [0.29, 0.717) is 13.2 Å². The molecular weight excluding hydrogens is 313 g/mol. The zero-order chi connectivity index (χ0) is 16.8. The summed E-state index contributed by atoms with van der Waals surface area (Å²) in [6.45, 7) is 2.09. The topological polar surface area (TPSA) is 61.8 Å². The van der Waals surface area contributed by atoms with Crippen molar-refractivity contribution in [2.75, 3.05) is 13.2 Å². The molecule has 0 saturated carbocycles. The first-order valence-electron chi connectivity index (χ1n) is 7.98. The molecule has 2 aromatic carbocycles. The molecular formula is C19H20LiNO4. The minimum Gasteiger partial charge on any atom is -0.545 e. The summed E-state index contributed by atoms with van der Waals surface area (Å²) in [6, 6.07) is 20.3. The third-order valence-electron chi connectivity index (χ3n) is 4.05. The Bertz CT molecular complexity index is 603. The molecule has 0 aliphatic carbocycles. The van der Waals surface area contributed by atoms with E-state index < -0.39 is 12.3 Å². The van der Waals surface area contributed by atoms with Gasteiger partial charge in [-0.3, -0.25) is 4.90 Å². The molecule has 0 amide bonds. The number of carboxylic acid groups (broad SMARTS) is 1. The van der Waals surface area contributed by atoms with E-state index in [0.717, 1.165) is 13.1 Å². The Kier molecular flexibility index (Phi) is 7.70. The van der Waals surface area contributed by atoms with Crippen molar-refractivity contribution in [3.05, 3.63) is 71.8 Å². The van der Waals surface area contributed by atoms with Crippen LogP contribution in [0.5, 0.6) is 0 Å². The number of rotatable bonds is 6. The van der Waals surface area contributed by atoms with Crippen LogP contribution in [-0.4, -0.2) is 36.4 Å². The van der Waals surface area contributed by atoms with Crippen LogP contribution in [0.4, 0.5) is 0 Å². The van der Waals surface area contributed by atoms with Crippen molar-refractivity contribution in [2.45, 2.75) is 25.4 Å². The second-order valence-corrected chi connectivity index (χ2v) is 5.85. The van der Waals surface area contributed by atoms with Gasteiger partial charge in [0.1, 0.15) is 0 Å². The average molecular weight is 333 g/mol. The number of benzene rings is 2. The average Bonchev–Trinajstić information content (AvgIpc) is 2.63. The van der Waals surface area contributed by atoms with Crippen LogP contribution in [-0.2, 0) is 27.4 Å². The Hall–Kier alpha value is -1.61. The summed E-state index contributed by atoms with van der Waals surface area (Å²) in [5.74, 6) is -1.33. The Morgan fingerprint density at radius 3 is 1.76 bits per heavy atom. The molecule has 25 heavy (non-hydrogen) atoms. The van der Waals surface area contributed by atoms with Gasteiger partial charge >= 0.3 is 18.9 Å². The fourth-order valence-corrected chi connectivity index (χ4v) is 2.79. The van der Waals surface area contributed by atoms with Crippen LogP contribution < -0.4 is 24.0 Å². The molecule has 0 radical (unpaired) electrons. The molecule has 1 aliphatic heterocycles.